The molecule has 1 rings (SSSR count). The van der Waals surface area contributed by atoms with Gasteiger partial charge in [0, 0.05) is 11.1 Å². The molecule has 3 nitrogen and oxygen atoms in total. The van der Waals surface area contributed by atoms with E-state index in [0.29, 0.717) is 17.6 Å². The summed E-state index contributed by atoms with van der Waals surface area (Å²) in [6.07, 6.45) is 5.00. The van der Waals surface area contributed by atoms with Gasteiger partial charge >= 0.3 is 5.97 Å². The van der Waals surface area contributed by atoms with E-state index >= 15 is 0 Å². The molecule has 3 heteroatoms. The maximum Gasteiger partial charge on any atom is 0.331 e. The van der Waals surface area contributed by atoms with Gasteiger partial charge in [0.05, 0.1) is 6.07 Å². The van der Waals surface area contributed by atoms with Crippen LogP contribution in [0, 0.1) is 11.3 Å². The average molecular weight is 217 g/mol. The average Bonchev–Trinajstić information content (AvgIpc) is 2.28. The van der Waals surface area contributed by atoms with Crippen molar-refractivity contribution < 1.29 is 9.90 Å². The van der Waals surface area contributed by atoms with Gasteiger partial charge in [-0.3, -0.25) is 0 Å². The molecule has 1 N–H and O–H groups in total. The highest BCUT2D eigenvalue weighted by Gasteiger charge is 2.19. The number of carboxylic acid groups (broad SMARTS) is 1. The zero-order chi connectivity index (χ0) is 12.1. The third-order valence-electron chi connectivity index (χ3n) is 2.74. The number of hydrogen-bond donors (Lipinski definition) is 1. The van der Waals surface area contributed by atoms with Crippen LogP contribution in [-0.2, 0) is 4.79 Å². The number of hydrogen-bond acceptors (Lipinski definition) is 2. The highest BCUT2D eigenvalue weighted by atomic mass is 16.4. The molecule has 0 fully saturated rings. The minimum Gasteiger partial charge on any atom is -0.478 e. The van der Waals surface area contributed by atoms with Crippen LogP contribution < -0.4 is 0 Å². The number of rotatable bonds is 3. The fourth-order valence-corrected chi connectivity index (χ4v) is 1.96. The summed E-state index contributed by atoms with van der Waals surface area (Å²) >= 11 is 0. The van der Waals surface area contributed by atoms with Crippen molar-refractivity contribution in [2.75, 3.05) is 0 Å². The molecule has 0 saturated carbocycles. The molecule has 0 unspecified atom stereocenters. The van der Waals surface area contributed by atoms with E-state index in [9.17, 15) is 4.79 Å². The first-order valence-corrected chi connectivity index (χ1v) is 5.29. The fraction of sp³-hybridized carbons (Fsp3) is 0.385. The Morgan fingerprint density at radius 1 is 1.44 bits per heavy atom. The van der Waals surface area contributed by atoms with Crippen LogP contribution in [0.15, 0.2) is 34.9 Å². The summed E-state index contributed by atoms with van der Waals surface area (Å²) in [5.74, 6) is -0.843. The van der Waals surface area contributed by atoms with Gasteiger partial charge in [0.1, 0.15) is 0 Å². The Kier molecular flexibility index (Phi) is 4.07. The standard InChI is InChI=1S/C13H15NO2/c1-9(8-14)7-10(2)11-5-3-4-6-12(11)13(15)16/h7H,1,3-6H2,2H3,(H,15,16)/b10-7+. The lowest BCUT2D eigenvalue weighted by atomic mass is 9.87. The van der Waals surface area contributed by atoms with E-state index in [1.165, 1.54) is 0 Å². The van der Waals surface area contributed by atoms with Crippen molar-refractivity contribution in [3.05, 3.63) is 34.9 Å². The Bertz CT molecular complexity index is 422. The fourth-order valence-electron chi connectivity index (χ4n) is 1.96. The van der Waals surface area contributed by atoms with E-state index in [-0.39, 0.29) is 0 Å². The Balaban J connectivity index is 3.09. The molecule has 0 aliphatic heterocycles. The molecule has 1 aliphatic rings. The number of allylic oxidation sites excluding steroid dienone is 4. The monoisotopic (exact) mass is 217 g/mol. The molecule has 0 atom stereocenters. The van der Waals surface area contributed by atoms with Crippen molar-refractivity contribution in [1.82, 2.24) is 0 Å². The smallest absolute Gasteiger partial charge is 0.331 e. The van der Waals surface area contributed by atoms with Gasteiger partial charge in [-0.15, -0.1) is 0 Å². The van der Waals surface area contributed by atoms with Crippen molar-refractivity contribution >= 4 is 5.97 Å². The SMILES string of the molecule is C=C(C#N)/C=C(\C)C1=C(C(=O)O)CCCC1. The third kappa shape index (κ3) is 2.83. The summed E-state index contributed by atoms with van der Waals surface area (Å²) in [6.45, 7) is 5.41. The van der Waals surface area contributed by atoms with Crippen molar-refractivity contribution in [3.63, 3.8) is 0 Å². The molecule has 0 heterocycles. The number of nitrogens with zero attached hydrogens (tertiary/aromatic N) is 1. The predicted octanol–water partition coefficient (Wildman–Crippen LogP) is 2.97. The van der Waals surface area contributed by atoms with Crippen molar-refractivity contribution in [3.8, 4) is 6.07 Å². The summed E-state index contributed by atoms with van der Waals surface area (Å²) in [7, 11) is 0. The molecular weight excluding hydrogens is 202 g/mol. The Morgan fingerprint density at radius 3 is 2.50 bits per heavy atom. The maximum absolute atomic E-state index is 11.1. The maximum atomic E-state index is 11.1. The molecule has 1 aliphatic carbocycles. The highest BCUT2D eigenvalue weighted by Crippen LogP contribution is 2.30. The first-order valence-electron chi connectivity index (χ1n) is 5.29. The molecule has 0 radical (unpaired) electrons. The first-order chi connectivity index (χ1) is 7.56. The Hall–Kier alpha value is -1.82. The number of carbonyl (C=O) groups is 1. The lowest BCUT2D eigenvalue weighted by Crippen LogP contribution is -2.10. The van der Waals surface area contributed by atoms with Crippen molar-refractivity contribution in [2.24, 2.45) is 0 Å². The van der Waals surface area contributed by atoms with Crippen LogP contribution in [0.1, 0.15) is 32.6 Å². The molecule has 0 amide bonds. The zero-order valence-corrected chi connectivity index (χ0v) is 9.42. The topological polar surface area (TPSA) is 61.1 Å². The molecule has 0 spiro atoms. The van der Waals surface area contributed by atoms with Gasteiger partial charge in [-0.1, -0.05) is 6.58 Å². The van der Waals surface area contributed by atoms with E-state index in [1.54, 1.807) is 6.08 Å². The van der Waals surface area contributed by atoms with Crippen LogP contribution in [0.4, 0.5) is 0 Å². The quantitative estimate of drug-likeness (QED) is 0.584. The lowest BCUT2D eigenvalue weighted by molar-refractivity contribution is -0.132. The summed E-state index contributed by atoms with van der Waals surface area (Å²) in [4.78, 5) is 11.1. The van der Waals surface area contributed by atoms with Gasteiger partial charge in [0.15, 0.2) is 0 Å². The number of nitriles is 1. The van der Waals surface area contributed by atoms with E-state index in [4.69, 9.17) is 10.4 Å². The molecule has 84 valence electrons. The molecule has 0 aromatic carbocycles. The molecule has 0 aromatic rings. The second kappa shape index (κ2) is 5.32. The summed E-state index contributed by atoms with van der Waals surface area (Å²) in [5, 5.41) is 17.7. The summed E-state index contributed by atoms with van der Waals surface area (Å²) in [6, 6.07) is 1.94. The van der Waals surface area contributed by atoms with Gasteiger partial charge in [-0.05, 0) is 49.8 Å². The molecule has 0 aromatic heterocycles. The second-order valence-corrected chi connectivity index (χ2v) is 3.93. The van der Waals surface area contributed by atoms with Gasteiger partial charge in [-0.25, -0.2) is 4.79 Å². The molecule has 16 heavy (non-hydrogen) atoms. The largest absolute Gasteiger partial charge is 0.478 e. The van der Waals surface area contributed by atoms with Gasteiger partial charge < -0.3 is 5.11 Å². The number of aliphatic carboxylic acids is 1. The molecular formula is C13H15NO2. The second-order valence-electron chi connectivity index (χ2n) is 3.93. The van der Waals surface area contributed by atoms with Crippen LogP contribution in [0.3, 0.4) is 0 Å². The normalized spacial score (nSPS) is 16.9. The molecule has 0 saturated heterocycles. The van der Waals surface area contributed by atoms with Crippen LogP contribution in [-0.4, -0.2) is 11.1 Å². The first kappa shape index (κ1) is 12.3. The minimum atomic E-state index is -0.843. The van der Waals surface area contributed by atoms with Crippen LogP contribution in [0.5, 0.6) is 0 Å². The van der Waals surface area contributed by atoms with Crippen molar-refractivity contribution in [1.29, 1.82) is 5.26 Å². The lowest BCUT2D eigenvalue weighted by Gasteiger charge is -2.18. The van der Waals surface area contributed by atoms with Gasteiger partial charge in [0.2, 0.25) is 0 Å². The van der Waals surface area contributed by atoms with Crippen molar-refractivity contribution in [2.45, 2.75) is 32.6 Å². The van der Waals surface area contributed by atoms with E-state index in [1.807, 2.05) is 13.0 Å². The summed E-state index contributed by atoms with van der Waals surface area (Å²) in [5.41, 5.74) is 2.57. The van der Waals surface area contributed by atoms with Crippen LogP contribution in [0.2, 0.25) is 0 Å². The highest BCUT2D eigenvalue weighted by molar-refractivity contribution is 5.88. The van der Waals surface area contributed by atoms with E-state index < -0.39 is 5.97 Å². The zero-order valence-electron chi connectivity index (χ0n) is 9.42. The van der Waals surface area contributed by atoms with Crippen LogP contribution in [0.25, 0.3) is 0 Å². The van der Waals surface area contributed by atoms with E-state index in [2.05, 4.69) is 6.58 Å². The summed E-state index contributed by atoms with van der Waals surface area (Å²) < 4.78 is 0. The minimum absolute atomic E-state index is 0.361. The van der Waals surface area contributed by atoms with Crippen LogP contribution >= 0.6 is 0 Å². The third-order valence-corrected chi connectivity index (χ3v) is 2.74. The van der Waals surface area contributed by atoms with Gasteiger partial charge in [0.25, 0.3) is 0 Å². The van der Waals surface area contributed by atoms with E-state index in [0.717, 1.165) is 30.4 Å². The number of carboxylic acids is 1. The predicted molar refractivity (Wildman–Crippen MR) is 61.6 cm³/mol. The van der Waals surface area contributed by atoms with Gasteiger partial charge in [-0.2, -0.15) is 5.26 Å². The Labute approximate surface area is 95.4 Å². The molecule has 0 bridgehead atoms. The Morgan fingerprint density at radius 2 is 2.00 bits per heavy atom.